The summed E-state index contributed by atoms with van der Waals surface area (Å²) in [5.41, 5.74) is 6.54. The lowest BCUT2D eigenvalue weighted by atomic mass is 10.1. The molecule has 26 heavy (non-hydrogen) atoms. The van der Waals surface area contributed by atoms with Crippen molar-refractivity contribution in [2.45, 2.75) is 39.3 Å². The van der Waals surface area contributed by atoms with Crippen LogP contribution in [0, 0.1) is 12.7 Å². The third kappa shape index (κ3) is 3.65. The first-order valence-electron chi connectivity index (χ1n) is 9.15. The third-order valence-corrected chi connectivity index (χ3v) is 5.37. The number of rotatable bonds is 3. The monoisotopic (exact) mass is 372 g/mol. The molecule has 0 unspecified atom stereocenters. The van der Waals surface area contributed by atoms with E-state index >= 15 is 0 Å². The van der Waals surface area contributed by atoms with Crippen molar-refractivity contribution in [2.24, 2.45) is 0 Å². The van der Waals surface area contributed by atoms with Crippen LogP contribution in [-0.2, 0) is 25.9 Å². The number of hydrogen-bond acceptors (Lipinski definition) is 1. The predicted octanol–water partition coefficient (Wildman–Crippen LogP) is 5.13. The van der Waals surface area contributed by atoms with Gasteiger partial charge in [-0.25, -0.2) is 4.39 Å². The standard InChI is InChI=1S/C22H25FN2.ClH/c1-16-5-7-17(8-6-16)11-13-25-21-4-3-12-24(2)15-20(21)19-14-18(23)9-10-22(19)25;/h5-10,14H,3-4,11-13,15H2,1-2H3;1H. The molecule has 0 saturated heterocycles. The highest BCUT2D eigenvalue weighted by Gasteiger charge is 2.21. The molecule has 2 aromatic carbocycles. The van der Waals surface area contributed by atoms with Crippen molar-refractivity contribution in [2.75, 3.05) is 13.6 Å². The minimum Gasteiger partial charge on any atom is -0.344 e. The summed E-state index contributed by atoms with van der Waals surface area (Å²) in [6.45, 7) is 5.08. The number of aryl methyl sites for hydroxylation is 3. The van der Waals surface area contributed by atoms with Gasteiger partial charge < -0.3 is 9.47 Å². The second kappa shape index (κ2) is 7.81. The minimum atomic E-state index is -0.141. The van der Waals surface area contributed by atoms with Gasteiger partial charge in [0, 0.05) is 29.7 Å². The molecule has 0 amide bonds. The van der Waals surface area contributed by atoms with Crippen LogP contribution in [0.2, 0.25) is 0 Å². The number of benzene rings is 2. The second-order valence-corrected chi connectivity index (χ2v) is 7.32. The first-order valence-corrected chi connectivity index (χ1v) is 9.15. The van der Waals surface area contributed by atoms with Crippen LogP contribution in [0.15, 0.2) is 42.5 Å². The van der Waals surface area contributed by atoms with Gasteiger partial charge in [0.15, 0.2) is 0 Å². The molecule has 4 rings (SSSR count). The van der Waals surface area contributed by atoms with E-state index in [-0.39, 0.29) is 18.2 Å². The summed E-state index contributed by atoms with van der Waals surface area (Å²) in [5, 5.41) is 1.09. The van der Waals surface area contributed by atoms with Crippen LogP contribution in [0.5, 0.6) is 0 Å². The van der Waals surface area contributed by atoms with Crippen molar-refractivity contribution in [1.29, 1.82) is 0 Å². The Bertz CT molecular complexity index is 899. The summed E-state index contributed by atoms with van der Waals surface area (Å²) in [7, 11) is 2.16. The Morgan fingerprint density at radius 1 is 1.08 bits per heavy atom. The van der Waals surface area contributed by atoms with Crippen LogP contribution < -0.4 is 0 Å². The van der Waals surface area contributed by atoms with Crippen LogP contribution in [0.25, 0.3) is 10.9 Å². The van der Waals surface area contributed by atoms with Crippen LogP contribution in [0.3, 0.4) is 0 Å². The molecule has 0 aliphatic carbocycles. The minimum absolute atomic E-state index is 0. The largest absolute Gasteiger partial charge is 0.344 e. The van der Waals surface area contributed by atoms with Gasteiger partial charge in [-0.1, -0.05) is 29.8 Å². The van der Waals surface area contributed by atoms with Gasteiger partial charge in [-0.05, 0) is 69.1 Å². The molecule has 0 spiro atoms. The maximum Gasteiger partial charge on any atom is 0.123 e. The lowest BCUT2D eigenvalue weighted by molar-refractivity contribution is 0.333. The summed E-state index contributed by atoms with van der Waals surface area (Å²) in [4.78, 5) is 2.35. The van der Waals surface area contributed by atoms with Crippen LogP contribution in [0.4, 0.5) is 4.39 Å². The summed E-state index contributed by atoms with van der Waals surface area (Å²) in [6, 6.07) is 14.0. The number of nitrogens with zero attached hydrogens (tertiary/aromatic N) is 2. The molecule has 0 saturated carbocycles. The molecular formula is C22H26ClFN2. The molecule has 0 bridgehead atoms. The summed E-state index contributed by atoms with van der Waals surface area (Å²) < 4.78 is 16.3. The fourth-order valence-corrected chi connectivity index (χ4v) is 4.03. The number of hydrogen-bond donors (Lipinski definition) is 0. The highest BCUT2D eigenvalue weighted by atomic mass is 35.5. The lowest BCUT2D eigenvalue weighted by Gasteiger charge is -2.12. The molecule has 0 radical (unpaired) electrons. The second-order valence-electron chi connectivity index (χ2n) is 7.32. The Kier molecular flexibility index (Phi) is 5.69. The Balaban J connectivity index is 0.00000196. The molecule has 0 N–H and O–H groups in total. The molecule has 2 heterocycles. The number of aromatic nitrogens is 1. The zero-order valence-corrected chi connectivity index (χ0v) is 16.3. The SMILES string of the molecule is Cc1ccc(CCn2c3c(c4cc(F)ccc42)CN(C)CCC3)cc1.Cl. The van der Waals surface area contributed by atoms with Gasteiger partial charge in [0.05, 0.1) is 0 Å². The molecule has 0 fully saturated rings. The van der Waals surface area contributed by atoms with Crippen molar-refractivity contribution in [3.05, 3.63) is 70.7 Å². The van der Waals surface area contributed by atoms with Gasteiger partial charge >= 0.3 is 0 Å². The van der Waals surface area contributed by atoms with Gasteiger partial charge in [0.2, 0.25) is 0 Å². The molecule has 3 aromatic rings. The van der Waals surface area contributed by atoms with E-state index in [1.165, 1.54) is 27.9 Å². The van der Waals surface area contributed by atoms with Crippen molar-refractivity contribution in [3.8, 4) is 0 Å². The first kappa shape index (κ1) is 18.9. The maximum atomic E-state index is 13.9. The van der Waals surface area contributed by atoms with Crippen molar-refractivity contribution >= 4 is 23.3 Å². The predicted molar refractivity (Wildman–Crippen MR) is 109 cm³/mol. The normalized spacial score (nSPS) is 14.7. The van der Waals surface area contributed by atoms with Crippen molar-refractivity contribution < 1.29 is 4.39 Å². The molecule has 2 nitrogen and oxygen atoms in total. The fourth-order valence-electron chi connectivity index (χ4n) is 4.03. The highest BCUT2D eigenvalue weighted by Crippen LogP contribution is 2.31. The molecule has 4 heteroatoms. The van der Waals surface area contributed by atoms with Gasteiger partial charge in [0.25, 0.3) is 0 Å². The first-order chi connectivity index (χ1) is 12.1. The molecule has 1 aliphatic heterocycles. The van der Waals surface area contributed by atoms with E-state index < -0.39 is 0 Å². The van der Waals surface area contributed by atoms with E-state index in [0.29, 0.717) is 0 Å². The van der Waals surface area contributed by atoms with Crippen molar-refractivity contribution in [1.82, 2.24) is 9.47 Å². The maximum absolute atomic E-state index is 13.9. The van der Waals surface area contributed by atoms with E-state index in [9.17, 15) is 4.39 Å². The van der Waals surface area contributed by atoms with Crippen molar-refractivity contribution in [3.63, 3.8) is 0 Å². The molecular weight excluding hydrogens is 347 g/mol. The molecule has 1 aliphatic rings. The average molecular weight is 373 g/mol. The van der Waals surface area contributed by atoms with Gasteiger partial charge in [0.1, 0.15) is 5.82 Å². The quantitative estimate of drug-likeness (QED) is 0.618. The summed E-state index contributed by atoms with van der Waals surface area (Å²) in [6.07, 6.45) is 3.24. The fraction of sp³-hybridized carbons (Fsp3) is 0.364. The van der Waals surface area contributed by atoms with E-state index in [1.54, 1.807) is 12.1 Å². The topological polar surface area (TPSA) is 8.17 Å². The Morgan fingerprint density at radius 3 is 2.62 bits per heavy atom. The van der Waals surface area contributed by atoms with E-state index in [4.69, 9.17) is 0 Å². The lowest BCUT2D eigenvalue weighted by Crippen LogP contribution is -2.17. The Morgan fingerprint density at radius 2 is 1.85 bits per heavy atom. The Labute approximate surface area is 161 Å². The van der Waals surface area contributed by atoms with Crippen LogP contribution in [0.1, 0.15) is 28.8 Å². The zero-order chi connectivity index (χ0) is 17.4. The zero-order valence-electron chi connectivity index (χ0n) is 15.5. The third-order valence-electron chi connectivity index (χ3n) is 5.37. The number of fused-ring (bicyclic) bond motifs is 3. The smallest absolute Gasteiger partial charge is 0.123 e. The molecule has 138 valence electrons. The van der Waals surface area contributed by atoms with E-state index in [0.717, 1.165) is 44.3 Å². The van der Waals surface area contributed by atoms with Gasteiger partial charge in [-0.15, -0.1) is 12.4 Å². The van der Waals surface area contributed by atoms with Crippen LogP contribution in [-0.4, -0.2) is 23.1 Å². The van der Waals surface area contributed by atoms with E-state index in [2.05, 4.69) is 47.7 Å². The summed E-state index contributed by atoms with van der Waals surface area (Å²) in [5.74, 6) is -0.141. The molecule has 1 aromatic heterocycles. The average Bonchev–Trinajstić information content (AvgIpc) is 2.74. The van der Waals surface area contributed by atoms with E-state index in [1.807, 2.05) is 6.07 Å². The highest BCUT2D eigenvalue weighted by molar-refractivity contribution is 5.86. The number of halogens is 2. The van der Waals surface area contributed by atoms with Gasteiger partial charge in [-0.2, -0.15) is 0 Å². The van der Waals surface area contributed by atoms with Crippen LogP contribution >= 0.6 is 12.4 Å². The Hall–Kier alpha value is -1.84. The van der Waals surface area contributed by atoms with Gasteiger partial charge in [-0.3, -0.25) is 0 Å². The summed E-state index contributed by atoms with van der Waals surface area (Å²) >= 11 is 0. The molecule has 0 atom stereocenters.